The molecule has 1 fully saturated rings. The van der Waals surface area contributed by atoms with Crippen molar-refractivity contribution in [1.29, 1.82) is 0 Å². The number of nitrogens with two attached hydrogens (primary N) is 1. The lowest BCUT2D eigenvalue weighted by molar-refractivity contribution is -0.0182. The molecule has 27 heavy (non-hydrogen) atoms. The van der Waals surface area contributed by atoms with Crippen molar-refractivity contribution in [2.45, 2.75) is 76.7 Å². The molecule has 0 saturated carbocycles. The third-order valence-corrected chi connectivity index (χ3v) is 5.22. The van der Waals surface area contributed by atoms with Crippen molar-refractivity contribution in [3.63, 3.8) is 0 Å². The quantitative estimate of drug-likeness (QED) is 0.463. The van der Waals surface area contributed by atoms with E-state index in [1.807, 2.05) is 0 Å². The largest absolute Gasteiger partial charge is 0.388 e. The Bertz CT molecular complexity index is 650. The van der Waals surface area contributed by atoms with E-state index in [2.05, 4.69) is 16.9 Å². The molecule has 9 nitrogen and oxygen atoms in total. The molecule has 0 spiro atoms. The lowest BCUT2D eigenvalue weighted by Crippen LogP contribution is -2.43. The van der Waals surface area contributed by atoms with Crippen LogP contribution in [0.2, 0.25) is 0 Å². The zero-order chi connectivity index (χ0) is 19.4. The minimum absolute atomic E-state index is 0.0443. The minimum Gasteiger partial charge on any atom is -0.388 e. The van der Waals surface area contributed by atoms with Gasteiger partial charge < -0.3 is 30.7 Å². The summed E-state index contributed by atoms with van der Waals surface area (Å²) in [6.07, 6.45) is 5.74. The molecule has 0 aliphatic carbocycles. The number of unbranched alkanes of at least 4 members (excludes halogenated alkanes) is 6. The predicted molar refractivity (Wildman–Crippen MR) is 101 cm³/mol. The highest BCUT2D eigenvalue weighted by molar-refractivity contribution is 6.01. The molecule has 1 saturated heterocycles. The molecule has 0 aromatic carbocycles. The summed E-state index contributed by atoms with van der Waals surface area (Å²) in [6.45, 7) is 2.84. The Kier molecular flexibility index (Phi) is 6.69. The van der Waals surface area contributed by atoms with Gasteiger partial charge in [-0.25, -0.2) is 9.98 Å². The second-order valence-corrected chi connectivity index (χ2v) is 7.28. The Balaban J connectivity index is 1.69. The van der Waals surface area contributed by atoms with Crippen molar-refractivity contribution in [3.05, 3.63) is 12.0 Å². The molecule has 9 heteroatoms. The number of aliphatic imine (C=N–C) groups is 1. The first-order valence-corrected chi connectivity index (χ1v) is 9.87. The first-order valence-electron chi connectivity index (χ1n) is 9.87. The predicted octanol–water partition coefficient (Wildman–Crippen LogP) is 0.685. The summed E-state index contributed by atoms with van der Waals surface area (Å²) in [6, 6.07) is 0. The summed E-state index contributed by atoms with van der Waals surface area (Å²) in [5.41, 5.74) is 6.39. The van der Waals surface area contributed by atoms with E-state index in [1.165, 1.54) is 32.0 Å². The Morgan fingerprint density at radius 3 is 2.52 bits per heavy atom. The Morgan fingerprint density at radius 2 is 1.85 bits per heavy atom. The van der Waals surface area contributed by atoms with Crippen molar-refractivity contribution in [3.8, 4) is 0 Å². The minimum atomic E-state index is -1.10. The Morgan fingerprint density at radius 1 is 1.15 bits per heavy atom. The maximum absolute atomic E-state index is 10.4. The van der Waals surface area contributed by atoms with Gasteiger partial charge in [0.2, 0.25) is 6.35 Å². The van der Waals surface area contributed by atoms with Gasteiger partial charge in [0.25, 0.3) is 0 Å². The van der Waals surface area contributed by atoms with Crippen LogP contribution in [-0.4, -0.2) is 62.4 Å². The maximum Gasteiger partial charge on any atom is 0.228 e. The lowest BCUT2D eigenvalue weighted by atomic mass is 10.1. The number of fused-ring (bicyclic) bond motifs is 1. The van der Waals surface area contributed by atoms with Crippen LogP contribution in [0.4, 0.5) is 5.82 Å². The average molecular weight is 381 g/mol. The van der Waals surface area contributed by atoms with E-state index in [-0.39, 0.29) is 12.4 Å². The second kappa shape index (κ2) is 9.01. The molecule has 1 unspecified atom stereocenters. The van der Waals surface area contributed by atoms with Crippen LogP contribution in [0.25, 0.3) is 0 Å². The van der Waals surface area contributed by atoms with Gasteiger partial charge in [-0.05, 0) is 6.42 Å². The zero-order valence-corrected chi connectivity index (χ0v) is 15.9. The fraction of sp³-hybridized carbons (Fsp3) is 0.778. The number of anilines is 1. The van der Waals surface area contributed by atoms with Crippen molar-refractivity contribution >= 4 is 11.7 Å². The highest BCUT2D eigenvalue weighted by Crippen LogP contribution is 2.34. The summed E-state index contributed by atoms with van der Waals surface area (Å²) >= 11 is 0. The standard InChI is InChI=1S/C18H31N5O4/c1-2-3-4-5-6-7-8-9-22-16-13(15(19)21-18(22)26)20-11-23(16)17-14(25)12(24)10-27-17/h11-12,14,17-18,24-26H,2-10H2,1H3,(H2,19,21)/t12-,14-,17-,18?/m1/s1. The molecule has 5 N–H and O–H groups in total. The van der Waals surface area contributed by atoms with Gasteiger partial charge >= 0.3 is 0 Å². The van der Waals surface area contributed by atoms with Gasteiger partial charge in [0.1, 0.15) is 23.7 Å². The van der Waals surface area contributed by atoms with E-state index in [1.54, 1.807) is 9.47 Å². The van der Waals surface area contributed by atoms with Gasteiger partial charge in [-0.1, -0.05) is 45.4 Å². The van der Waals surface area contributed by atoms with Crippen LogP contribution in [0.15, 0.2) is 11.3 Å². The number of aromatic nitrogens is 2. The van der Waals surface area contributed by atoms with Crippen molar-refractivity contribution in [2.24, 2.45) is 10.7 Å². The van der Waals surface area contributed by atoms with E-state index in [0.29, 0.717) is 18.1 Å². The zero-order valence-electron chi connectivity index (χ0n) is 15.9. The van der Waals surface area contributed by atoms with E-state index in [0.717, 1.165) is 19.3 Å². The molecule has 152 valence electrons. The van der Waals surface area contributed by atoms with Gasteiger partial charge in [-0.15, -0.1) is 0 Å². The summed E-state index contributed by atoms with van der Waals surface area (Å²) in [4.78, 5) is 10.1. The van der Waals surface area contributed by atoms with Crippen LogP contribution in [0, 0.1) is 0 Å². The van der Waals surface area contributed by atoms with Crippen LogP contribution in [0.3, 0.4) is 0 Å². The monoisotopic (exact) mass is 381 g/mol. The van der Waals surface area contributed by atoms with Crippen LogP contribution >= 0.6 is 0 Å². The highest BCUT2D eigenvalue weighted by Gasteiger charge is 2.40. The Labute approximate surface area is 159 Å². The summed E-state index contributed by atoms with van der Waals surface area (Å²) in [5, 5.41) is 30.4. The highest BCUT2D eigenvalue weighted by atomic mass is 16.5. The van der Waals surface area contributed by atoms with Gasteiger partial charge in [-0.2, -0.15) is 0 Å². The molecule has 0 amide bonds. The van der Waals surface area contributed by atoms with Gasteiger partial charge in [-0.3, -0.25) is 4.57 Å². The molecule has 2 aliphatic heterocycles. The molecule has 3 rings (SSSR count). The third kappa shape index (κ3) is 4.26. The normalized spacial score (nSPS) is 27.7. The van der Waals surface area contributed by atoms with Crippen LogP contribution in [0.5, 0.6) is 0 Å². The molecular weight excluding hydrogens is 350 g/mol. The van der Waals surface area contributed by atoms with E-state index >= 15 is 0 Å². The van der Waals surface area contributed by atoms with Crippen LogP contribution < -0.4 is 10.6 Å². The Hall–Kier alpha value is -1.68. The molecule has 0 bridgehead atoms. The van der Waals surface area contributed by atoms with Crippen LogP contribution in [0.1, 0.15) is 63.8 Å². The molecule has 1 aromatic rings. The molecule has 2 aliphatic rings. The number of amidine groups is 1. The average Bonchev–Trinajstić information content (AvgIpc) is 3.21. The number of aliphatic hydroxyl groups excluding tert-OH is 3. The first kappa shape index (κ1) is 20.1. The van der Waals surface area contributed by atoms with Crippen LogP contribution in [-0.2, 0) is 4.74 Å². The van der Waals surface area contributed by atoms with E-state index < -0.39 is 24.8 Å². The van der Waals surface area contributed by atoms with E-state index in [9.17, 15) is 15.3 Å². The second-order valence-electron chi connectivity index (χ2n) is 7.28. The first-order chi connectivity index (χ1) is 13.0. The fourth-order valence-corrected chi connectivity index (χ4v) is 3.66. The molecule has 1 aromatic heterocycles. The summed E-state index contributed by atoms with van der Waals surface area (Å²) < 4.78 is 7.15. The fourth-order valence-electron chi connectivity index (χ4n) is 3.66. The number of aliphatic hydroxyl groups is 3. The van der Waals surface area contributed by atoms with Gasteiger partial charge in [0.05, 0.1) is 12.9 Å². The number of hydrogen-bond donors (Lipinski definition) is 4. The van der Waals surface area contributed by atoms with Gasteiger partial charge in [0, 0.05) is 6.54 Å². The smallest absolute Gasteiger partial charge is 0.228 e. The molecular formula is C18H31N5O4. The summed E-state index contributed by atoms with van der Waals surface area (Å²) in [5.74, 6) is 0.722. The third-order valence-electron chi connectivity index (χ3n) is 5.22. The summed E-state index contributed by atoms with van der Waals surface area (Å²) in [7, 11) is 0. The number of hydrogen-bond acceptors (Lipinski definition) is 8. The maximum atomic E-state index is 10.4. The number of ether oxygens (including phenoxy) is 1. The van der Waals surface area contributed by atoms with Crippen molar-refractivity contribution in [2.75, 3.05) is 18.1 Å². The van der Waals surface area contributed by atoms with Crippen molar-refractivity contribution < 1.29 is 20.1 Å². The number of rotatable bonds is 9. The number of imidazole rings is 1. The lowest BCUT2D eigenvalue weighted by Gasteiger charge is -2.33. The molecule has 3 heterocycles. The molecule has 4 atom stereocenters. The SMILES string of the molecule is CCCCCCCCCN1c2c(ncn2[C@@H]2OC[C@@H](O)[C@H]2O)C(N)=NC1O. The van der Waals surface area contributed by atoms with Gasteiger partial charge in [0.15, 0.2) is 12.1 Å². The topological polar surface area (TPSA) is 129 Å². The van der Waals surface area contributed by atoms with Crippen molar-refractivity contribution in [1.82, 2.24) is 9.55 Å². The molecule has 0 radical (unpaired) electrons. The van der Waals surface area contributed by atoms with E-state index in [4.69, 9.17) is 10.5 Å². The number of nitrogens with zero attached hydrogens (tertiary/aromatic N) is 4.